The summed E-state index contributed by atoms with van der Waals surface area (Å²) < 4.78 is 10.4. The Hall–Kier alpha value is -2.08. The lowest BCUT2D eigenvalue weighted by molar-refractivity contribution is -0.384. The lowest BCUT2D eigenvalue weighted by Gasteiger charge is -2.20. The van der Waals surface area contributed by atoms with Crippen LogP contribution in [0.25, 0.3) is 0 Å². The van der Waals surface area contributed by atoms with Gasteiger partial charge in [-0.05, 0) is 26.8 Å². The standard InChI is InChI=1S/C14H16ClNO5/c1-9(13(17)21-14(2,3)4)8-20-12-6-10(15)5-11(7-12)16(18)19/h5-7H,1,8H2,2-4H3. The summed E-state index contributed by atoms with van der Waals surface area (Å²) >= 11 is 5.76. The fraction of sp³-hybridized carbons (Fsp3) is 0.357. The van der Waals surface area contributed by atoms with E-state index in [2.05, 4.69) is 6.58 Å². The van der Waals surface area contributed by atoms with Crippen LogP contribution in [0.3, 0.4) is 0 Å². The van der Waals surface area contributed by atoms with E-state index >= 15 is 0 Å². The summed E-state index contributed by atoms with van der Waals surface area (Å²) in [6.07, 6.45) is 0. The molecule has 1 rings (SSSR count). The molecule has 6 nitrogen and oxygen atoms in total. The number of nitrogens with zero attached hydrogens (tertiary/aromatic N) is 1. The fourth-order valence-corrected chi connectivity index (χ4v) is 1.54. The molecular formula is C14H16ClNO5. The Morgan fingerprint density at radius 1 is 1.38 bits per heavy atom. The van der Waals surface area contributed by atoms with Gasteiger partial charge in [0.2, 0.25) is 0 Å². The number of halogens is 1. The molecule has 0 aliphatic carbocycles. The Morgan fingerprint density at radius 2 is 2.00 bits per heavy atom. The zero-order valence-electron chi connectivity index (χ0n) is 12.0. The number of rotatable bonds is 5. The molecule has 114 valence electrons. The van der Waals surface area contributed by atoms with Gasteiger partial charge in [-0.15, -0.1) is 0 Å². The van der Waals surface area contributed by atoms with Gasteiger partial charge in [0.15, 0.2) is 0 Å². The molecule has 1 aromatic rings. The summed E-state index contributed by atoms with van der Waals surface area (Å²) in [5, 5.41) is 10.9. The summed E-state index contributed by atoms with van der Waals surface area (Å²) in [5.74, 6) is -0.405. The summed E-state index contributed by atoms with van der Waals surface area (Å²) in [5.41, 5.74) is -0.720. The second-order valence-electron chi connectivity index (χ2n) is 5.30. The molecule has 0 saturated heterocycles. The van der Waals surface area contributed by atoms with Crippen LogP contribution >= 0.6 is 11.6 Å². The van der Waals surface area contributed by atoms with Gasteiger partial charge in [-0.25, -0.2) is 4.79 Å². The smallest absolute Gasteiger partial charge is 0.337 e. The highest BCUT2D eigenvalue weighted by atomic mass is 35.5. The second-order valence-corrected chi connectivity index (χ2v) is 5.73. The molecule has 0 saturated carbocycles. The number of carbonyl (C=O) groups excluding carboxylic acids is 1. The number of non-ortho nitro benzene ring substituents is 1. The van der Waals surface area contributed by atoms with Crippen LogP contribution in [0.5, 0.6) is 5.75 Å². The molecule has 0 aromatic heterocycles. The maximum atomic E-state index is 11.7. The average molecular weight is 314 g/mol. The van der Waals surface area contributed by atoms with Crippen molar-refractivity contribution in [3.63, 3.8) is 0 Å². The molecule has 0 fully saturated rings. The van der Waals surface area contributed by atoms with Crippen LogP contribution < -0.4 is 4.74 Å². The van der Waals surface area contributed by atoms with E-state index in [0.29, 0.717) is 0 Å². The van der Waals surface area contributed by atoms with Gasteiger partial charge < -0.3 is 9.47 Å². The highest BCUT2D eigenvalue weighted by Gasteiger charge is 2.19. The van der Waals surface area contributed by atoms with Crippen LogP contribution in [-0.4, -0.2) is 23.1 Å². The summed E-state index contributed by atoms with van der Waals surface area (Å²) in [4.78, 5) is 21.8. The molecule has 0 N–H and O–H groups in total. The van der Waals surface area contributed by atoms with E-state index in [1.54, 1.807) is 20.8 Å². The quantitative estimate of drug-likeness (QED) is 0.359. The van der Waals surface area contributed by atoms with Crippen molar-refractivity contribution in [3.05, 3.63) is 45.5 Å². The van der Waals surface area contributed by atoms with Crippen LogP contribution in [0, 0.1) is 10.1 Å². The van der Waals surface area contributed by atoms with E-state index in [0.717, 1.165) is 0 Å². The summed E-state index contributed by atoms with van der Waals surface area (Å²) in [6, 6.07) is 3.84. The Labute approximate surface area is 127 Å². The number of hydrogen-bond acceptors (Lipinski definition) is 5. The van der Waals surface area contributed by atoms with Crippen LogP contribution in [0.15, 0.2) is 30.4 Å². The minimum Gasteiger partial charge on any atom is -0.488 e. The SMILES string of the molecule is C=C(COc1cc(Cl)cc([N+](=O)[O-])c1)C(=O)OC(C)(C)C. The van der Waals surface area contributed by atoms with Gasteiger partial charge in [-0.3, -0.25) is 10.1 Å². The molecule has 0 bridgehead atoms. The van der Waals surface area contributed by atoms with Gasteiger partial charge >= 0.3 is 5.97 Å². The Morgan fingerprint density at radius 3 is 2.52 bits per heavy atom. The van der Waals surface area contributed by atoms with Crippen molar-refractivity contribution in [2.24, 2.45) is 0 Å². The number of hydrogen-bond donors (Lipinski definition) is 0. The number of nitro benzene ring substituents is 1. The molecule has 1 aromatic carbocycles. The predicted molar refractivity (Wildman–Crippen MR) is 78.6 cm³/mol. The number of benzene rings is 1. The zero-order valence-corrected chi connectivity index (χ0v) is 12.8. The molecule has 0 unspecified atom stereocenters. The van der Waals surface area contributed by atoms with Crippen molar-refractivity contribution in [1.29, 1.82) is 0 Å². The normalized spacial score (nSPS) is 10.9. The number of carbonyl (C=O) groups is 1. The fourth-order valence-electron chi connectivity index (χ4n) is 1.32. The molecule has 0 heterocycles. The minimum atomic E-state index is -0.630. The molecule has 0 atom stereocenters. The number of nitro groups is 1. The first-order valence-electron chi connectivity index (χ1n) is 6.07. The van der Waals surface area contributed by atoms with Gasteiger partial charge in [-0.2, -0.15) is 0 Å². The Balaban J connectivity index is 2.69. The van der Waals surface area contributed by atoms with E-state index in [1.165, 1.54) is 18.2 Å². The van der Waals surface area contributed by atoms with E-state index in [4.69, 9.17) is 21.1 Å². The third-order valence-electron chi connectivity index (χ3n) is 2.17. The van der Waals surface area contributed by atoms with Crippen LogP contribution in [0.4, 0.5) is 5.69 Å². The summed E-state index contributed by atoms with van der Waals surface area (Å²) in [6.45, 7) is 8.63. The van der Waals surface area contributed by atoms with E-state index < -0.39 is 16.5 Å². The molecule has 7 heteroatoms. The Bertz CT molecular complexity index is 577. The van der Waals surface area contributed by atoms with Crippen LogP contribution in [0.2, 0.25) is 5.02 Å². The molecular weight excluding hydrogens is 298 g/mol. The lowest BCUT2D eigenvalue weighted by Crippen LogP contribution is -2.26. The van der Waals surface area contributed by atoms with Crippen molar-refractivity contribution >= 4 is 23.3 Å². The molecule has 21 heavy (non-hydrogen) atoms. The topological polar surface area (TPSA) is 78.7 Å². The van der Waals surface area contributed by atoms with E-state index in [9.17, 15) is 14.9 Å². The molecule has 0 aliphatic rings. The van der Waals surface area contributed by atoms with Gasteiger partial charge in [0.05, 0.1) is 21.6 Å². The molecule has 0 amide bonds. The first kappa shape index (κ1) is 17.0. The monoisotopic (exact) mass is 313 g/mol. The predicted octanol–water partition coefficient (Wildman–Crippen LogP) is 3.52. The van der Waals surface area contributed by atoms with Crippen molar-refractivity contribution in [2.75, 3.05) is 6.61 Å². The zero-order chi connectivity index (χ0) is 16.2. The van der Waals surface area contributed by atoms with Gasteiger partial charge in [-0.1, -0.05) is 18.2 Å². The van der Waals surface area contributed by atoms with Crippen LogP contribution in [0.1, 0.15) is 20.8 Å². The Kier molecular flexibility index (Phi) is 5.32. The van der Waals surface area contributed by atoms with Gasteiger partial charge in [0.1, 0.15) is 18.0 Å². The highest BCUT2D eigenvalue weighted by Crippen LogP contribution is 2.26. The first-order chi connectivity index (χ1) is 9.58. The first-order valence-corrected chi connectivity index (χ1v) is 6.45. The third-order valence-corrected chi connectivity index (χ3v) is 2.39. The van der Waals surface area contributed by atoms with Crippen molar-refractivity contribution in [3.8, 4) is 5.75 Å². The molecule has 0 spiro atoms. The average Bonchev–Trinajstić information content (AvgIpc) is 2.33. The second kappa shape index (κ2) is 6.58. The third kappa shape index (κ3) is 5.83. The maximum absolute atomic E-state index is 11.7. The van der Waals surface area contributed by atoms with Gasteiger partial charge in [0, 0.05) is 6.07 Å². The minimum absolute atomic E-state index is 0.104. The van der Waals surface area contributed by atoms with E-state index in [-0.39, 0.29) is 28.6 Å². The molecule has 0 radical (unpaired) electrons. The number of esters is 1. The number of ether oxygens (including phenoxy) is 2. The lowest BCUT2D eigenvalue weighted by atomic mass is 10.2. The largest absolute Gasteiger partial charge is 0.488 e. The van der Waals surface area contributed by atoms with Crippen molar-refractivity contribution < 1.29 is 19.2 Å². The highest BCUT2D eigenvalue weighted by molar-refractivity contribution is 6.30. The van der Waals surface area contributed by atoms with E-state index in [1.807, 2.05) is 0 Å². The van der Waals surface area contributed by atoms with Crippen LogP contribution in [-0.2, 0) is 9.53 Å². The molecule has 0 aliphatic heterocycles. The van der Waals surface area contributed by atoms with Crippen molar-refractivity contribution in [2.45, 2.75) is 26.4 Å². The van der Waals surface area contributed by atoms with Gasteiger partial charge in [0.25, 0.3) is 5.69 Å². The maximum Gasteiger partial charge on any atom is 0.337 e. The summed E-state index contributed by atoms with van der Waals surface area (Å²) in [7, 11) is 0. The van der Waals surface area contributed by atoms with Crippen molar-refractivity contribution in [1.82, 2.24) is 0 Å².